The number of esters is 1. The lowest BCUT2D eigenvalue weighted by Gasteiger charge is -2.23. The van der Waals surface area contributed by atoms with Crippen LogP contribution < -0.4 is 15.8 Å². The SMILES string of the molecule is COC(=O)c1nc(Cl)ccc1N[C@H](C)c1cc(C)cc2c(=O)n(C)c(N3CC(C)C(C)C3)nc12. The van der Waals surface area contributed by atoms with Gasteiger partial charge in [0.15, 0.2) is 5.69 Å². The molecule has 3 atom stereocenters. The summed E-state index contributed by atoms with van der Waals surface area (Å²) in [5, 5.41) is 4.11. The molecule has 2 unspecified atom stereocenters. The highest BCUT2D eigenvalue weighted by molar-refractivity contribution is 6.29. The van der Waals surface area contributed by atoms with Gasteiger partial charge in [-0.3, -0.25) is 9.36 Å². The maximum absolute atomic E-state index is 13.4. The standard InChI is InChI=1S/C25H30ClN5O3/c1-13-9-17(16(4)27-19-7-8-20(26)28-22(19)24(33)34-6)21-18(10-13)23(32)30(5)25(29-21)31-11-14(2)15(3)12-31/h7-10,14-16,27H,11-12H2,1-6H3/t14?,15?,16-/m1/s1. The van der Waals surface area contributed by atoms with E-state index >= 15 is 0 Å². The molecule has 1 fully saturated rings. The summed E-state index contributed by atoms with van der Waals surface area (Å²) >= 11 is 6.00. The molecule has 1 aromatic carbocycles. The number of nitrogens with zero attached hydrogens (tertiary/aromatic N) is 4. The lowest BCUT2D eigenvalue weighted by atomic mass is 10.0. The highest BCUT2D eigenvalue weighted by Gasteiger charge is 2.29. The normalized spacial score (nSPS) is 18.9. The van der Waals surface area contributed by atoms with E-state index in [0.717, 1.165) is 24.2 Å². The molecule has 1 aliphatic rings. The number of carbonyl (C=O) groups is 1. The van der Waals surface area contributed by atoms with Gasteiger partial charge >= 0.3 is 5.97 Å². The minimum atomic E-state index is -0.585. The summed E-state index contributed by atoms with van der Waals surface area (Å²) < 4.78 is 6.51. The number of methoxy groups -OCH3 is 1. The molecule has 1 N–H and O–H groups in total. The summed E-state index contributed by atoms with van der Waals surface area (Å²) in [7, 11) is 3.08. The van der Waals surface area contributed by atoms with Crippen molar-refractivity contribution >= 4 is 40.1 Å². The minimum Gasteiger partial charge on any atom is -0.464 e. The summed E-state index contributed by atoms with van der Waals surface area (Å²) in [4.78, 5) is 36.9. The van der Waals surface area contributed by atoms with Gasteiger partial charge in [-0.25, -0.2) is 14.8 Å². The van der Waals surface area contributed by atoms with Crippen LogP contribution in [0.15, 0.2) is 29.1 Å². The Kier molecular flexibility index (Phi) is 6.53. The van der Waals surface area contributed by atoms with Crippen LogP contribution in [-0.4, -0.2) is 40.7 Å². The number of hydrogen-bond donors (Lipinski definition) is 1. The third-order valence-corrected chi connectivity index (χ3v) is 6.89. The van der Waals surface area contributed by atoms with Gasteiger partial charge in [-0.2, -0.15) is 0 Å². The molecule has 3 aromatic rings. The number of anilines is 2. The molecule has 9 heteroatoms. The molecule has 1 aliphatic heterocycles. The average molecular weight is 484 g/mol. The zero-order valence-electron chi connectivity index (χ0n) is 20.3. The third kappa shape index (κ3) is 4.34. The Morgan fingerprint density at radius 3 is 2.53 bits per heavy atom. The number of nitrogens with one attached hydrogen (secondary N) is 1. The number of halogens is 1. The van der Waals surface area contributed by atoms with Gasteiger partial charge in [0.05, 0.1) is 29.7 Å². The van der Waals surface area contributed by atoms with Gasteiger partial charge in [0, 0.05) is 25.7 Å². The third-order valence-electron chi connectivity index (χ3n) is 6.68. The Hall–Kier alpha value is -3.13. The average Bonchev–Trinajstić information content (AvgIpc) is 3.14. The first kappa shape index (κ1) is 24.0. The molecule has 0 spiro atoms. The number of rotatable bonds is 5. The molecular weight excluding hydrogens is 454 g/mol. The number of pyridine rings is 1. The van der Waals surface area contributed by atoms with Crippen LogP contribution >= 0.6 is 11.6 Å². The summed E-state index contributed by atoms with van der Waals surface area (Å²) in [6, 6.07) is 6.92. The van der Waals surface area contributed by atoms with Gasteiger partial charge in [-0.1, -0.05) is 31.5 Å². The highest BCUT2D eigenvalue weighted by atomic mass is 35.5. The van der Waals surface area contributed by atoms with E-state index in [2.05, 4.69) is 29.0 Å². The van der Waals surface area contributed by atoms with Crippen LogP contribution in [0.2, 0.25) is 5.15 Å². The monoisotopic (exact) mass is 483 g/mol. The molecule has 1 saturated heterocycles. The van der Waals surface area contributed by atoms with E-state index in [1.807, 2.05) is 26.0 Å². The van der Waals surface area contributed by atoms with E-state index in [9.17, 15) is 9.59 Å². The van der Waals surface area contributed by atoms with E-state index in [-0.39, 0.29) is 22.4 Å². The summed E-state index contributed by atoms with van der Waals surface area (Å²) in [6.45, 7) is 10.1. The molecule has 4 rings (SSSR count). The van der Waals surface area contributed by atoms with Crippen LogP contribution in [0, 0.1) is 18.8 Å². The van der Waals surface area contributed by atoms with Crippen LogP contribution in [0.3, 0.4) is 0 Å². The Balaban J connectivity index is 1.81. The van der Waals surface area contributed by atoms with Crippen LogP contribution in [0.1, 0.15) is 48.4 Å². The van der Waals surface area contributed by atoms with E-state index in [1.54, 1.807) is 23.7 Å². The fourth-order valence-electron chi connectivity index (χ4n) is 4.56. The summed E-state index contributed by atoms with van der Waals surface area (Å²) in [5.41, 5.74) is 2.98. The molecule has 34 heavy (non-hydrogen) atoms. The molecule has 0 radical (unpaired) electrons. The second-order valence-corrected chi connectivity index (χ2v) is 9.66. The molecule has 0 bridgehead atoms. The van der Waals surface area contributed by atoms with Gasteiger partial charge in [-0.15, -0.1) is 0 Å². The van der Waals surface area contributed by atoms with Crippen LogP contribution in [0.4, 0.5) is 11.6 Å². The predicted octanol–water partition coefficient (Wildman–Crippen LogP) is 4.34. The van der Waals surface area contributed by atoms with Crippen molar-refractivity contribution in [1.29, 1.82) is 0 Å². The van der Waals surface area contributed by atoms with Crippen molar-refractivity contribution in [2.75, 3.05) is 30.4 Å². The van der Waals surface area contributed by atoms with Crippen molar-refractivity contribution in [3.63, 3.8) is 0 Å². The Morgan fingerprint density at radius 2 is 1.88 bits per heavy atom. The number of carbonyl (C=O) groups excluding carboxylic acids is 1. The predicted molar refractivity (Wildman–Crippen MR) is 135 cm³/mol. The van der Waals surface area contributed by atoms with Crippen molar-refractivity contribution in [3.8, 4) is 0 Å². The van der Waals surface area contributed by atoms with Gasteiger partial charge < -0.3 is 15.0 Å². The van der Waals surface area contributed by atoms with E-state index in [4.69, 9.17) is 21.3 Å². The quantitative estimate of drug-likeness (QED) is 0.426. The van der Waals surface area contributed by atoms with Crippen molar-refractivity contribution in [2.45, 2.75) is 33.7 Å². The van der Waals surface area contributed by atoms with Gasteiger partial charge in [0.2, 0.25) is 5.95 Å². The number of hydrogen-bond acceptors (Lipinski definition) is 7. The Morgan fingerprint density at radius 1 is 1.21 bits per heavy atom. The first-order valence-corrected chi connectivity index (χ1v) is 11.8. The molecule has 0 aliphatic carbocycles. The van der Waals surface area contributed by atoms with Gasteiger partial charge in [0.25, 0.3) is 5.56 Å². The highest BCUT2D eigenvalue weighted by Crippen LogP contribution is 2.31. The molecule has 8 nitrogen and oxygen atoms in total. The second kappa shape index (κ2) is 9.25. The summed E-state index contributed by atoms with van der Waals surface area (Å²) in [6.07, 6.45) is 0. The fourth-order valence-corrected chi connectivity index (χ4v) is 4.71. The zero-order chi connectivity index (χ0) is 24.7. The lowest BCUT2D eigenvalue weighted by Crippen LogP contribution is -2.30. The number of aromatic nitrogens is 3. The van der Waals surface area contributed by atoms with E-state index in [0.29, 0.717) is 34.4 Å². The number of ether oxygens (including phenoxy) is 1. The largest absolute Gasteiger partial charge is 0.464 e. The van der Waals surface area contributed by atoms with Crippen LogP contribution in [-0.2, 0) is 11.8 Å². The number of fused-ring (bicyclic) bond motifs is 1. The number of benzene rings is 1. The number of aryl methyl sites for hydroxylation is 1. The van der Waals surface area contributed by atoms with E-state index < -0.39 is 5.97 Å². The van der Waals surface area contributed by atoms with Crippen LogP contribution in [0.25, 0.3) is 10.9 Å². The van der Waals surface area contributed by atoms with Crippen molar-refractivity contribution in [1.82, 2.24) is 14.5 Å². The first-order chi connectivity index (χ1) is 16.1. The zero-order valence-corrected chi connectivity index (χ0v) is 21.1. The smallest absolute Gasteiger partial charge is 0.358 e. The minimum absolute atomic E-state index is 0.0761. The van der Waals surface area contributed by atoms with Crippen molar-refractivity contribution in [3.05, 3.63) is 56.6 Å². The Labute approximate surface area is 203 Å². The molecule has 0 amide bonds. The van der Waals surface area contributed by atoms with Crippen molar-refractivity contribution < 1.29 is 9.53 Å². The van der Waals surface area contributed by atoms with Crippen LogP contribution in [0.5, 0.6) is 0 Å². The maximum atomic E-state index is 13.4. The molecule has 3 heterocycles. The van der Waals surface area contributed by atoms with Gasteiger partial charge in [-0.05, 0) is 49.4 Å². The molecular formula is C25H30ClN5O3. The molecule has 2 aromatic heterocycles. The second-order valence-electron chi connectivity index (χ2n) is 9.27. The molecule has 0 saturated carbocycles. The lowest BCUT2D eigenvalue weighted by molar-refractivity contribution is 0.0595. The Bertz CT molecular complexity index is 1310. The topological polar surface area (TPSA) is 89.3 Å². The molecule has 180 valence electrons. The van der Waals surface area contributed by atoms with Gasteiger partial charge in [0.1, 0.15) is 5.15 Å². The van der Waals surface area contributed by atoms with E-state index in [1.165, 1.54) is 7.11 Å². The fraction of sp³-hybridized carbons (Fsp3) is 0.440. The van der Waals surface area contributed by atoms with Crippen molar-refractivity contribution in [2.24, 2.45) is 18.9 Å². The maximum Gasteiger partial charge on any atom is 0.358 e. The summed E-state index contributed by atoms with van der Waals surface area (Å²) in [5.74, 6) is 1.15. The first-order valence-electron chi connectivity index (χ1n) is 11.4.